The maximum Gasteiger partial charge on any atom is 2.00 e. The molecule has 0 atom stereocenters. The van der Waals surface area contributed by atoms with E-state index in [1.807, 2.05) is 17.0 Å². The molecule has 0 saturated heterocycles. The maximum absolute atomic E-state index is 3.83. The van der Waals surface area contributed by atoms with Gasteiger partial charge in [0.2, 0.25) is 0 Å². The minimum atomic E-state index is 0. The first-order valence-electron chi connectivity index (χ1n) is 3.68. The summed E-state index contributed by atoms with van der Waals surface area (Å²) in [5.41, 5.74) is 2.39. The van der Waals surface area contributed by atoms with Crippen LogP contribution in [-0.4, -0.2) is 6.54 Å². The van der Waals surface area contributed by atoms with Crippen molar-refractivity contribution in [2.75, 3.05) is 11.4 Å². The topological polar surface area (TPSA) is 3.24 Å². The third-order valence-corrected chi connectivity index (χ3v) is 1.67. The van der Waals surface area contributed by atoms with Crippen molar-refractivity contribution >= 4 is 5.69 Å². The van der Waals surface area contributed by atoms with E-state index in [1.54, 1.807) is 0 Å². The Morgan fingerprint density at radius 3 is 2.17 bits per heavy atom. The second kappa shape index (κ2) is 5.37. The molecule has 0 amide bonds. The van der Waals surface area contributed by atoms with Gasteiger partial charge >= 0.3 is 21.1 Å². The molecule has 0 N–H and O–H groups in total. The van der Waals surface area contributed by atoms with Gasteiger partial charge in [0, 0.05) is 5.69 Å². The van der Waals surface area contributed by atoms with Crippen LogP contribution < -0.4 is 4.90 Å². The molecule has 0 aromatic heterocycles. The molecule has 1 aromatic carbocycles. The van der Waals surface area contributed by atoms with Gasteiger partial charge in [-0.05, 0) is 19.1 Å². The van der Waals surface area contributed by atoms with E-state index in [1.165, 1.54) is 5.56 Å². The number of benzene rings is 1. The Bertz CT molecular complexity index is 218. The van der Waals surface area contributed by atoms with Gasteiger partial charge in [0.25, 0.3) is 0 Å². The summed E-state index contributed by atoms with van der Waals surface area (Å²) < 4.78 is 0. The Morgan fingerprint density at radius 2 is 1.75 bits per heavy atom. The Labute approximate surface area is 89.0 Å². The molecule has 0 fully saturated rings. The first kappa shape index (κ1) is 11.7. The zero-order valence-electron chi connectivity index (χ0n) is 7.29. The largest absolute Gasteiger partial charge is 2.00 e. The molecular weight excluding hydrogens is 318 g/mol. The SMILES string of the molecule is [CH2-]CN([CH2-])c1ccc(C)cc1.[W+2]. The fourth-order valence-electron chi connectivity index (χ4n) is 0.885. The predicted molar refractivity (Wildman–Crippen MR) is 49.2 cm³/mol. The third kappa shape index (κ3) is 2.98. The zero-order valence-corrected chi connectivity index (χ0v) is 10.2. The minimum Gasteiger partial charge on any atom is -0.550 e. The number of anilines is 1. The predicted octanol–water partition coefficient (Wildman–Crippen LogP) is 2.42. The summed E-state index contributed by atoms with van der Waals surface area (Å²) in [6, 6.07) is 8.24. The van der Waals surface area contributed by atoms with Crippen molar-refractivity contribution in [1.82, 2.24) is 0 Å². The summed E-state index contributed by atoms with van der Waals surface area (Å²) in [6.07, 6.45) is 0. The van der Waals surface area contributed by atoms with Crippen LogP contribution in [0.4, 0.5) is 5.69 Å². The molecular formula is C10H13NW. The molecule has 0 unspecified atom stereocenters. The van der Waals surface area contributed by atoms with Crippen LogP contribution in [0.2, 0.25) is 0 Å². The number of rotatable bonds is 2. The molecule has 0 spiro atoms. The van der Waals surface area contributed by atoms with Gasteiger partial charge in [-0.15, -0.1) is 6.54 Å². The number of hydrogen-bond acceptors (Lipinski definition) is 1. The quantitative estimate of drug-likeness (QED) is 0.753. The summed E-state index contributed by atoms with van der Waals surface area (Å²) in [5.74, 6) is 0. The second-order valence-corrected chi connectivity index (χ2v) is 2.60. The molecule has 1 nitrogen and oxygen atoms in total. The molecule has 0 aliphatic heterocycles. The van der Waals surface area contributed by atoms with Crippen LogP contribution in [0.15, 0.2) is 24.3 Å². The van der Waals surface area contributed by atoms with E-state index in [0.717, 1.165) is 5.69 Å². The van der Waals surface area contributed by atoms with Crippen LogP contribution in [0.3, 0.4) is 0 Å². The van der Waals surface area contributed by atoms with Crippen molar-refractivity contribution in [2.24, 2.45) is 0 Å². The molecule has 0 saturated carbocycles. The fourth-order valence-corrected chi connectivity index (χ4v) is 0.885. The van der Waals surface area contributed by atoms with Crippen molar-refractivity contribution in [3.05, 3.63) is 43.8 Å². The number of hydrogen-bond donors (Lipinski definition) is 0. The average molecular weight is 331 g/mol. The van der Waals surface area contributed by atoms with Gasteiger partial charge in [0.1, 0.15) is 0 Å². The van der Waals surface area contributed by atoms with Crippen molar-refractivity contribution in [3.63, 3.8) is 0 Å². The van der Waals surface area contributed by atoms with E-state index < -0.39 is 0 Å². The second-order valence-electron chi connectivity index (χ2n) is 2.60. The fraction of sp³-hybridized carbons (Fsp3) is 0.200. The molecule has 0 bridgehead atoms. The molecule has 64 valence electrons. The monoisotopic (exact) mass is 331 g/mol. The van der Waals surface area contributed by atoms with Gasteiger partial charge in [-0.2, -0.15) is 0 Å². The summed E-state index contributed by atoms with van der Waals surface area (Å²) in [5, 5.41) is 0. The Balaban J connectivity index is 0.00000121. The van der Waals surface area contributed by atoms with Gasteiger partial charge in [0.05, 0.1) is 0 Å². The van der Waals surface area contributed by atoms with E-state index >= 15 is 0 Å². The number of aryl methyl sites for hydroxylation is 1. The van der Waals surface area contributed by atoms with Crippen molar-refractivity contribution in [3.8, 4) is 0 Å². The molecule has 0 radical (unpaired) electrons. The van der Waals surface area contributed by atoms with Gasteiger partial charge in [-0.1, -0.05) is 17.7 Å². The number of nitrogens with zero attached hydrogens (tertiary/aromatic N) is 1. The zero-order chi connectivity index (χ0) is 8.27. The van der Waals surface area contributed by atoms with Gasteiger partial charge in [-0.25, -0.2) is 0 Å². The molecule has 0 heterocycles. The molecule has 1 aromatic rings. The smallest absolute Gasteiger partial charge is 0.550 e. The first-order chi connectivity index (χ1) is 5.24. The van der Waals surface area contributed by atoms with E-state index in [-0.39, 0.29) is 21.1 Å². The molecule has 1 rings (SSSR count). The van der Waals surface area contributed by atoms with E-state index in [4.69, 9.17) is 0 Å². The van der Waals surface area contributed by atoms with Crippen molar-refractivity contribution in [1.29, 1.82) is 0 Å². The Morgan fingerprint density at radius 1 is 1.25 bits per heavy atom. The molecule has 12 heavy (non-hydrogen) atoms. The average Bonchev–Trinajstić information content (AvgIpc) is 2.05. The maximum atomic E-state index is 3.83. The van der Waals surface area contributed by atoms with Crippen LogP contribution in [0.1, 0.15) is 5.56 Å². The van der Waals surface area contributed by atoms with Crippen LogP contribution in [0.25, 0.3) is 0 Å². The van der Waals surface area contributed by atoms with Crippen molar-refractivity contribution < 1.29 is 21.1 Å². The van der Waals surface area contributed by atoms with Crippen LogP contribution in [0.5, 0.6) is 0 Å². The summed E-state index contributed by atoms with van der Waals surface area (Å²) >= 11 is 0. The first-order valence-corrected chi connectivity index (χ1v) is 3.68. The minimum absolute atomic E-state index is 0. The van der Waals surface area contributed by atoms with Crippen LogP contribution in [0, 0.1) is 20.9 Å². The van der Waals surface area contributed by atoms with Gasteiger partial charge in [0.15, 0.2) is 0 Å². The van der Waals surface area contributed by atoms with Crippen molar-refractivity contribution in [2.45, 2.75) is 6.92 Å². The molecule has 2 heteroatoms. The van der Waals surface area contributed by atoms with E-state index in [9.17, 15) is 0 Å². The molecule has 0 aliphatic rings. The van der Waals surface area contributed by atoms with Gasteiger partial charge < -0.3 is 11.8 Å². The Hall–Kier alpha value is -0.292. The summed E-state index contributed by atoms with van der Waals surface area (Å²) in [7, 11) is 3.83. The van der Waals surface area contributed by atoms with Crippen LogP contribution >= 0.6 is 0 Å². The third-order valence-electron chi connectivity index (χ3n) is 1.67. The van der Waals surface area contributed by atoms with E-state index in [0.29, 0.717) is 6.54 Å². The summed E-state index contributed by atoms with van der Waals surface area (Å²) in [4.78, 5) is 1.86. The standard InChI is InChI=1S/C10H13N.W/c1-4-11(3)10-7-5-9(2)6-8-10;/h5-8H,1,3-4H2,2H3;/q-2;+2. The summed E-state index contributed by atoms with van der Waals surface area (Å²) in [6.45, 7) is 6.52. The normalized spacial score (nSPS) is 8.92. The molecule has 0 aliphatic carbocycles. The van der Waals surface area contributed by atoms with Crippen LogP contribution in [-0.2, 0) is 21.1 Å². The van der Waals surface area contributed by atoms with E-state index in [2.05, 4.69) is 33.0 Å². The van der Waals surface area contributed by atoms with Gasteiger partial charge in [-0.3, -0.25) is 7.05 Å². The Kier molecular flexibility index (Phi) is 5.24.